The molecule has 98 valence electrons. The molecule has 1 aliphatic rings. The number of hydrogen-bond donors (Lipinski definition) is 0. The van der Waals surface area contributed by atoms with Gasteiger partial charge in [0.05, 0.1) is 24.9 Å². The van der Waals surface area contributed by atoms with Crippen LogP contribution in [-0.2, 0) is 4.74 Å². The van der Waals surface area contributed by atoms with Gasteiger partial charge in [0.15, 0.2) is 0 Å². The van der Waals surface area contributed by atoms with Crippen molar-refractivity contribution in [3.63, 3.8) is 0 Å². The Balaban J connectivity index is 1.73. The molecule has 0 radical (unpaired) electrons. The van der Waals surface area contributed by atoms with E-state index in [0.717, 1.165) is 5.56 Å². The van der Waals surface area contributed by atoms with Crippen LogP contribution in [0.15, 0.2) is 36.2 Å². The minimum absolute atomic E-state index is 0.0323. The smallest absolute Gasteiger partial charge is 0.265 e. The summed E-state index contributed by atoms with van der Waals surface area (Å²) in [6.45, 7) is 1.75. The third-order valence-corrected chi connectivity index (χ3v) is 3.84. The van der Waals surface area contributed by atoms with Crippen LogP contribution in [-0.4, -0.2) is 40.5 Å². The van der Waals surface area contributed by atoms with E-state index in [2.05, 4.69) is 9.97 Å². The second-order valence-electron chi connectivity index (χ2n) is 4.26. The number of pyridine rings is 1. The Labute approximate surface area is 114 Å². The van der Waals surface area contributed by atoms with Crippen molar-refractivity contribution in [2.75, 3.05) is 19.7 Å². The number of aromatic nitrogens is 2. The number of morpholine rings is 1. The molecule has 0 spiro atoms. The van der Waals surface area contributed by atoms with Crippen LogP contribution < -0.4 is 0 Å². The Morgan fingerprint density at radius 3 is 2.95 bits per heavy atom. The molecule has 0 saturated carbocycles. The zero-order valence-corrected chi connectivity index (χ0v) is 11.0. The number of thiazole rings is 1. The van der Waals surface area contributed by atoms with Gasteiger partial charge in [-0.3, -0.25) is 14.8 Å². The normalized spacial score (nSPS) is 19.4. The van der Waals surface area contributed by atoms with Crippen molar-refractivity contribution >= 4 is 17.2 Å². The predicted molar refractivity (Wildman–Crippen MR) is 70.9 cm³/mol. The predicted octanol–water partition coefficient (Wildman–Crippen LogP) is 1.75. The summed E-state index contributed by atoms with van der Waals surface area (Å²) in [7, 11) is 0. The third kappa shape index (κ3) is 2.64. The van der Waals surface area contributed by atoms with Crippen LogP contribution >= 0.6 is 11.3 Å². The molecule has 0 aromatic carbocycles. The molecule has 3 rings (SSSR count). The number of carbonyl (C=O) groups excluding carboxylic acids is 1. The second kappa shape index (κ2) is 5.46. The van der Waals surface area contributed by atoms with Crippen molar-refractivity contribution in [2.24, 2.45) is 0 Å². The average Bonchev–Trinajstić information content (AvgIpc) is 3.02. The van der Waals surface area contributed by atoms with Gasteiger partial charge in [0.2, 0.25) is 0 Å². The van der Waals surface area contributed by atoms with Gasteiger partial charge in [0.1, 0.15) is 11.0 Å². The van der Waals surface area contributed by atoms with Gasteiger partial charge in [-0.15, -0.1) is 11.3 Å². The SMILES string of the molecule is O=C(c1cncs1)N1CCOC(c2ccncc2)C1. The van der Waals surface area contributed by atoms with Gasteiger partial charge in [-0.2, -0.15) is 0 Å². The van der Waals surface area contributed by atoms with Crippen molar-refractivity contribution < 1.29 is 9.53 Å². The van der Waals surface area contributed by atoms with Crippen LogP contribution in [0.25, 0.3) is 0 Å². The zero-order chi connectivity index (χ0) is 13.1. The van der Waals surface area contributed by atoms with E-state index in [1.807, 2.05) is 17.0 Å². The maximum absolute atomic E-state index is 12.3. The van der Waals surface area contributed by atoms with Gasteiger partial charge < -0.3 is 9.64 Å². The first-order chi connectivity index (χ1) is 9.34. The van der Waals surface area contributed by atoms with Crippen LogP contribution in [0.3, 0.4) is 0 Å². The fourth-order valence-corrected chi connectivity index (χ4v) is 2.68. The molecule has 2 aromatic heterocycles. The van der Waals surface area contributed by atoms with E-state index in [1.165, 1.54) is 11.3 Å². The molecule has 6 heteroatoms. The van der Waals surface area contributed by atoms with Gasteiger partial charge in [0, 0.05) is 18.9 Å². The molecule has 0 bridgehead atoms. The summed E-state index contributed by atoms with van der Waals surface area (Å²) in [6, 6.07) is 3.84. The number of amides is 1. The first kappa shape index (κ1) is 12.3. The van der Waals surface area contributed by atoms with Gasteiger partial charge >= 0.3 is 0 Å². The lowest BCUT2D eigenvalue weighted by Gasteiger charge is -2.32. The molecule has 3 heterocycles. The third-order valence-electron chi connectivity index (χ3n) is 3.07. The molecular weight excluding hydrogens is 262 g/mol. The number of rotatable bonds is 2. The lowest BCUT2D eigenvalue weighted by molar-refractivity contribution is -0.0227. The van der Waals surface area contributed by atoms with Crippen LogP contribution in [0.5, 0.6) is 0 Å². The van der Waals surface area contributed by atoms with Crippen molar-refractivity contribution in [3.05, 3.63) is 46.7 Å². The summed E-state index contributed by atoms with van der Waals surface area (Å²) in [4.78, 5) is 22.7. The molecular formula is C13H13N3O2S. The van der Waals surface area contributed by atoms with Crippen LogP contribution in [0, 0.1) is 0 Å². The highest BCUT2D eigenvalue weighted by molar-refractivity contribution is 7.11. The Morgan fingerprint density at radius 2 is 2.21 bits per heavy atom. The molecule has 0 N–H and O–H groups in total. The van der Waals surface area contributed by atoms with E-state index in [4.69, 9.17) is 4.74 Å². The molecule has 1 aliphatic heterocycles. The minimum atomic E-state index is -0.0754. The van der Waals surface area contributed by atoms with E-state index in [1.54, 1.807) is 24.1 Å². The second-order valence-corrected chi connectivity index (χ2v) is 5.14. The highest BCUT2D eigenvalue weighted by Crippen LogP contribution is 2.23. The van der Waals surface area contributed by atoms with Crippen molar-refractivity contribution in [2.45, 2.75) is 6.10 Å². The lowest BCUT2D eigenvalue weighted by atomic mass is 10.1. The lowest BCUT2D eigenvalue weighted by Crippen LogP contribution is -2.42. The zero-order valence-electron chi connectivity index (χ0n) is 10.2. The molecule has 1 atom stereocenters. The van der Waals surface area contributed by atoms with Gasteiger partial charge in [-0.05, 0) is 17.7 Å². The van der Waals surface area contributed by atoms with Crippen LogP contribution in [0.1, 0.15) is 21.3 Å². The number of nitrogens with zero attached hydrogens (tertiary/aromatic N) is 3. The fourth-order valence-electron chi connectivity index (χ4n) is 2.09. The molecule has 1 saturated heterocycles. The van der Waals surface area contributed by atoms with E-state index in [9.17, 15) is 4.79 Å². The molecule has 19 heavy (non-hydrogen) atoms. The monoisotopic (exact) mass is 275 g/mol. The Kier molecular flexibility index (Phi) is 3.52. The van der Waals surface area contributed by atoms with Gasteiger partial charge in [0.25, 0.3) is 5.91 Å². The topological polar surface area (TPSA) is 55.3 Å². The molecule has 5 nitrogen and oxygen atoms in total. The summed E-state index contributed by atoms with van der Waals surface area (Å²) in [5, 5.41) is 0. The summed E-state index contributed by atoms with van der Waals surface area (Å²) in [5.41, 5.74) is 2.73. The number of carbonyl (C=O) groups is 1. The largest absolute Gasteiger partial charge is 0.370 e. The highest BCUT2D eigenvalue weighted by atomic mass is 32.1. The van der Waals surface area contributed by atoms with Crippen molar-refractivity contribution in [3.8, 4) is 0 Å². The van der Waals surface area contributed by atoms with Gasteiger partial charge in [-0.1, -0.05) is 0 Å². The van der Waals surface area contributed by atoms with Crippen molar-refractivity contribution in [1.82, 2.24) is 14.9 Å². The number of ether oxygens (including phenoxy) is 1. The first-order valence-electron chi connectivity index (χ1n) is 6.04. The summed E-state index contributed by atoms with van der Waals surface area (Å²) in [6.07, 6.45) is 5.02. The quantitative estimate of drug-likeness (QED) is 0.838. The van der Waals surface area contributed by atoms with E-state index in [-0.39, 0.29) is 12.0 Å². The van der Waals surface area contributed by atoms with E-state index < -0.39 is 0 Å². The molecule has 1 unspecified atom stereocenters. The Hall–Kier alpha value is -1.79. The maximum Gasteiger partial charge on any atom is 0.265 e. The van der Waals surface area contributed by atoms with Crippen LogP contribution in [0.2, 0.25) is 0 Å². The van der Waals surface area contributed by atoms with Gasteiger partial charge in [-0.25, -0.2) is 0 Å². The average molecular weight is 275 g/mol. The standard InChI is InChI=1S/C13H13N3O2S/c17-13(12-7-15-9-19-12)16-5-6-18-11(8-16)10-1-3-14-4-2-10/h1-4,7,9,11H,5-6,8H2. The Morgan fingerprint density at radius 1 is 1.37 bits per heavy atom. The number of hydrogen-bond acceptors (Lipinski definition) is 5. The van der Waals surface area contributed by atoms with Crippen LogP contribution in [0.4, 0.5) is 0 Å². The van der Waals surface area contributed by atoms with Crippen molar-refractivity contribution in [1.29, 1.82) is 0 Å². The molecule has 0 aliphatic carbocycles. The summed E-state index contributed by atoms with van der Waals surface area (Å²) >= 11 is 1.37. The molecule has 2 aromatic rings. The molecule has 1 amide bonds. The van der Waals surface area contributed by atoms with E-state index >= 15 is 0 Å². The van der Waals surface area contributed by atoms with E-state index in [0.29, 0.717) is 24.6 Å². The Bertz CT molecular complexity index is 544. The molecule has 1 fully saturated rings. The summed E-state index contributed by atoms with van der Waals surface area (Å²) < 4.78 is 5.73. The fraction of sp³-hybridized carbons (Fsp3) is 0.308. The first-order valence-corrected chi connectivity index (χ1v) is 6.92. The maximum atomic E-state index is 12.3. The highest BCUT2D eigenvalue weighted by Gasteiger charge is 2.26. The summed E-state index contributed by atoms with van der Waals surface area (Å²) in [5.74, 6) is 0.0323. The minimum Gasteiger partial charge on any atom is -0.370 e.